The Morgan fingerprint density at radius 2 is 1.96 bits per heavy atom. The lowest BCUT2D eigenvalue weighted by molar-refractivity contribution is -0.157. The van der Waals surface area contributed by atoms with Gasteiger partial charge < -0.3 is 24.2 Å². The summed E-state index contributed by atoms with van der Waals surface area (Å²) in [5.74, 6) is -0.246. The topological polar surface area (TPSA) is 85.3 Å². The number of rotatable bonds is 5. The van der Waals surface area contributed by atoms with Crippen molar-refractivity contribution in [2.45, 2.75) is 31.7 Å². The predicted octanol–water partition coefficient (Wildman–Crippen LogP) is 0.851. The fourth-order valence-electron chi connectivity index (χ4n) is 4.63. The summed E-state index contributed by atoms with van der Waals surface area (Å²) in [7, 11) is 0. The number of fused-ring (bicyclic) bond motifs is 4. The molecule has 1 amide bonds. The lowest BCUT2D eigenvalue weighted by Gasteiger charge is -2.35. The standard InChI is InChI=1S/C20H25NO6/c1-2-25-20(24)13-8-16-18(23)14-9-21(10-15(14)19(13)27-16)17(22)11-26-12-6-4-3-5-7-12/h3-7,13-16,18-19,23H,2,8-11H2,1H3/t13-,14-,15+,16+,18-,19-/m1/s1. The highest BCUT2D eigenvalue weighted by Gasteiger charge is 2.58. The van der Waals surface area contributed by atoms with E-state index < -0.39 is 6.10 Å². The molecule has 0 spiro atoms. The van der Waals surface area contributed by atoms with Gasteiger partial charge in [-0.1, -0.05) is 18.2 Å². The number of esters is 1. The normalized spacial score (nSPS) is 34.2. The zero-order valence-electron chi connectivity index (χ0n) is 15.3. The average Bonchev–Trinajstić information content (AvgIpc) is 3.29. The highest BCUT2D eigenvalue weighted by Crippen LogP contribution is 2.47. The van der Waals surface area contributed by atoms with Crippen LogP contribution < -0.4 is 4.74 Å². The van der Waals surface area contributed by atoms with Gasteiger partial charge in [0, 0.05) is 24.9 Å². The zero-order chi connectivity index (χ0) is 19.0. The van der Waals surface area contributed by atoms with Crippen molar-refractivity contribution in [3.63, 3.8) is 0 Å². The molecule has 3 aliphatic rings. The minimum absolute atomic E-state index is 0.0458. The molecule has 2 bridgehead atoms. The van der Waals surface area contributed by atoms with Crippen molar-refractivity contribution in [3.05, 3.63) is 30.3 Å². The fraction of sp³-hybridized carbons (Fsp3) is 0.600. The third-order valence-corrected chi connectivity index (χ3v) is 5.92. The Morgan fingerprint density at radius 3 is 2.70 bits per heavy atom. The molecule has 0 aliphatic carbocycles. The van der Waals surface area contributed by atoms with Gasteiger partial charge in [0.15, 0.2) is 6.61 Å². The summed E-state index contributed by atoms with van der Waals surface area (Å²) in [5, 5.41) is 10.7. The van der Waals surface area contributed by atoms with Gasteiger partial charge in [0.05, 0.1) is 30.8 Å². The van der Waals surface area contributed by atoms with E-state index in [0.717, 1.165) is 0 Å². The predicted molar refractivity (Wildman–Crippen MR) is 94.9 cm³/mol. The summed E-state index contributed by atoms with van der Waals surface area (Å²) < 4.78 is 16.7. The second-order valence-electron chi connectivity index (χ2n) is 7.45. The minimum atomic E-state index is -0.668. The Hall–Kier alpha value is -2.12. The third kappa shape index (κ3) is 3.41. The van der Waals surface area contributed by atoms with E-state index >= 15 is 0 Å². The van der Waals surface area contributed by atoms with E-state index in [1.807, 2.05) is 18.2 Å². The number of para-hydroxylation sites is 1. The van der Waals surface area contributed by atoms with Gasteiger partial charge in [0.1, 0.15) is 5.75 Å². The summed E-state index contributed by atoms with van der Waals surface area (Å²) in [4.78, 5) is 26.6. The molecule has 4 rings (SSSR count). The number of hydrogen-bond donors (Lipinski definition) is 1. The average molecular weight is 375 g/mol. The van der Waals surface area contributed by atoms with Crippen LogP contribution in [0.15, 0.2) is 30.3 Å². The molecule has 0 saturated carbocycles. The molecule has 7 heteroatoms. The van der Waals surface area contributed by atoms with E-state index in [1.165, 1.54) is 0 Å². The molecule has 3 heterocycles. The van der Waals surface area contributed by atoms with Crippen molar-refractivity contribution in [2.24, 2.45) is 17.8 Å². The van der Waals surface area contributed by atoms with Crippen LogP contribution in [-0.2, 0) is 19.1 Å². The smallest absolute Gasteiger partial charge is 0.311 e. The van der Waals surface area contributed by atoms with E-state index in [9.17, 15) is 14.7 Å². The van der Waals surface area contributed by atoms with Crippen LogP contribution in [0, 0.1) is 17.8 Å². The number of carbonyl (C=O) groups is 2. The SMILES string of the molecule is CCOC(=O)[C@@H]1C[C@@H]2O[C@H]1[C@H]1CN(C(=O)COc3ccccc3)C[C@H]1[C@H]2O. The largest absolute Gasteiger partial charge is 0.484 e. The van der Waals surface area contributed by atoms with E-state index in [4.69, 9.17) is 14.2 Å². The molecule has 27 heavy (non-hydrogen) atoms. The number of nitrogens with zero attached hydrogens (tertiary/aromatic N) is 1. The number of aliphatic hydroxyl groups is 1. The summed E-state index contributed by atoms with van der Waals surface area (Å²) in [6, 6.07) is 9.19. The second-order valence-corrected chi connectivity index (χ2v) is 7.45. The van der Waals surface area contributed by atoms with Gasteiger partial charge in [-0.25, -0.2) is 0 Å². The number of ether oxygens (including phenoxy) is 3. The van der Waals surface area contributed by atoms with Crippen LogP contribution in [0.2, 0.25) is 0 Å². The molecular weight excluding hydrogens is 350 g/mol. The maximum atomic E-state index is 12.6. The van der Waals surface area contributed by atoms with Crippen molar-refractivity contribution in [1.29, 1.82) is 0 Å². The second kappa shape index (κ2) is 7.48. The van der Waals surface area contributed by atoms with Crippen molar-refractivity contribution in [1.82, 2.24) is 4.90 Å². The highest BCUT2D eigenvalue weighted by molar-refractivity contribution is 5.78. The van der Waals surface area contributed by atoms with E-state index in [1.54, 1.807) is 24.0 Å². The molecule has 3 saturated heterocycles. The maximum Gasteiger partial charge on any atom is 0.311 e. The van der Waals surface area contributed by atoms with Crippen molar-refractivity contribution >= 4 is 11.9 Å². The van der Waals surface area contributed by atoms with E-state index in [0.29, 0.717) is 31.9 Å². The van der Waals surface area contributed by atoms with Crippen LogP contribution in [0.1, 0.15) is 13.3 Å². The number of benzene rings is 1. The number of aliphatic hydroxyl groups excluding tert-OH is 1. The molecule has 1 aromatic carbocycles. The molecule has 7 nitrogen and oxygen atoms in total. The van der Waals surface area contributed by atoms with Gasteiger partial charge in [-0.05, 0) is 25.5 Å². The van der Waals surface area contributed by atoms with Crippen molar-refractivity contribution in [2.75, 3.05) is 26.3 Å². The molecule has 0 aromatic heterocycles. The fourth-order valence-corrected chi connectivity index (χ4v) is 4.63. The summed E-state index contributed by atoms with van der Waals surface area (Å²) in [6.45, 7) is 2.99. The summed E-state index contributed by atoms with van der Waals surface area (Å²) in [6.07, 6.45) is -0.835. The number of likely N-dealkylation sites (tertiary alicyclic amines) is 1. The van der Waals surface area contributed by atoms with Crippen LogP contribution in [-0.4, -0.2) is 66.5 Å². The molecule has 3 aliphatic heterocycles. The third-order valence-electron chi connectivity index (χ3n) is 5.92. The van der Waals surface area contributed by atoms with Crippen LogP contribution in [0.3, 0.4) is 0 Å². The van der Waals surface area contributed by atoms with Crippen molar-refractivity contribution in [3.8, 4) is 5.75 Å². The minimum Gasteiger partial charge on any atom is -0.484 e. The monoisotopic (exact) mass is 375 g/mol. The zero-order valence-corrected chi connectivity index (χ0v) is 15.3. The Morgan fingerprint density at radius 1 is 1.22 bits per heavy atom. The summed E-state index contributed by atoms with van der Waals surface area (Å²) in [5.41, 5.74) is 0. The first-order valence-corrected chi connectivity index (χ1v) is 9.54. The van der Waals surface area contributed by atoms with Crippen molar-refractivity contribution < 1.29 is 28.9 Å². The number of carbonyl (C=O) groups excluding carboxylic acids is 2. The van der Waals surface area contributed by atoms with Gasteiger partial charge >= 0.3 is 5.97 Å². The molecule has 1 aromatic rings. The maximum absolute atomic E-state index is 12.6. The van der Waals surface area contributed by atoms with E-state index in [2.05, 4.69) is 0 Å². The van der Waals surface area contributed by atoms with Gasteiger partial charge in [-0.3, -0.25) is 9.59 Å². The van der Waals surface area contributed by atoms with Crippen LogP contribution in [0.5, 0.6) is 5.75 Å². The molecule has 146 valence electrons. The first-order chi connectivity index (χ1) is 13.1. The van der Waals surface area contributed by atoms with Crippen LogP contribution in [0.25, 0.3) is 0 Å². The first kappa shape index (κ1) is 18.3. The Kier molecular flexibility index (Phi) is 5.06. The molecule has 3 fully saturated rings. The number of amides is 1. The first-order valence-electron chi connectivity index (χ1n) is 9.54. The van der Waals surface area contributed by atoms with Gasteiger partial charge in [0.2, 0.25) is 0 Å². The molecular formula is C20H25NO6. The Labute approximate surface area is 158 Å². The summed E-state index contributed by atoms with van der Waals surface area (Å²) >= 11 is 0. The molecule has 0 radical (unpaired) electrons. The quantitative estimate of drug-likeness (QED) is 0.768. The lowest BCUT2D eigenvalue weighted by Crippen LogP contribution is -2.46. The van der Waals surface area contributed by atoms with Gasteiger partial charge in [0.25, 0.3) is 5.91 Å². The Balaban J connectivity index is 1.41. The lowest BCUT2D eigenvalue weighted by atomic mass is 9.83. The molecule has 1 N–H and O–H groups in total. The van der Waals surface area contributed by atoms with Crippen LogP contribution >= 0.6 is 0 Å². The highest BCUT2D eigenvalue weighted by atomic mass is 16.5. The number of hydrogen-bond acceptors (Lipinski definition) is 6. The van der Waals surface area contributed by atoms with Crippen LogP contribution in [0.4, 0.5) is 0 Å². The van der Waals surface area contributed by atoms with E-state index in [-0.39, 0.29) is 48.4 Å². The molecule has 6 atom stereocenters. The Bertz CT molecular complexity index is 695. The van der Waals surface area contributed by atoms with Gasteiger partial charge in [-0.15, -0.1) is 0 Å². The molecule has 0 unspecified atom stereocenters. The van der Waals surface area contributed by atoms with Gasteiger partial charge in [-0.2, -0.15) is 0 Å².